The van der Waals surface area contributed by atoms with Crippen LogP contribution in [0.2, 0.25) is 5.02 Å². The summed E-state index contributed by atoms with van der Waals surface area (Å²) in [6.45, 7) is 1.27. The normalized spacial score (nSPS) is 22.2. The minimum Gasteiger partial charge on any atom is -0.480 e. The van der Waals surface area contributed by atoms with E-state index < -0.39 is 23.9 Å². The van der Waals surface area contributed by atoms with Crippen LogP contribution in [0.4, 0.5) is 4.39 Å². The lowest BCUT2D eigenvalue weighted by Crippen LogP contribution is -2.52. The minimum absolute atomic E-state index is 0.101. The van der Waals surface area contributed by atoms with Crippen LogP contribution in [0.3, 0.4) is 0 Å². The van der Waals surface area contributed by atoms with Crippen molar-refractivity contribution < 1.29 is 19.0 Å². The molecule has 4 rings (SSSR count). The lowest BCUT2D eigenvalue weighted by atomic mass is 9.95. The van der Waals surface area contributed by atoms with Gasteiger partial charge in [-0.3, -0.25) is 14.7 Å². The van der Waals surface area contributed by atoms with Gasteiger partial charge in [-0.15, -0.1) is 11.3 Å². The second kappa shape index (κ2) is 10.1. The zero-order chi connectivity index (χ0) is 22.7. The van der Waals surface area contributed by atoms with Crippen LogP contribution in [-0.2, 0) is 9.53 Å². The highest BCUT2D eigenvalue weighted by Gasteiger charge is 2.33. The van der Waals surface area contributed by atoms with Crippen LogP contribution in [0.25, 0.3) is 0 Å². The number of carbonyl (C=O) groups is 1. The molecule has 2 N–H and O–H groups in total. The fourth-order valence-corrected chi connectivity index (χ4v) is 4.66. The van der Waals surface area contributed by atoms with Gasteiger partial charge in [0.15, 0.2) is 10.8 Å². The van der Waals surface area contributed by atoms with Gasteiger partial charge in [-0.05, 0) is 23.8 Å². The van der Waals surface area contributed by atoms with Crippen molar-refractivity contribution >= 4 is 46.3 Å². The first-order chi connectivity index (χ1) is 15.5. The van der Waals surface area contributed by atoms with Gasteiger partial charge in [0.2, 0.25) is 0 Å². The number of thiazole rings is 1. The van der Waals surface area contributed by atoms with E-state index in [1.807, 2.05) is 10.3 Å². The summed E-state index contributed by atoms with van der Waals surface area (Å²) in [5.41, 5.74) is 3.37. The average Bonchev–Trinajstić information content (AvgIpc) is 3.30. The van der Waals surface area contributed by atoms with Crippen molar-refractivity contribution in [3.63, 3.8) is 0 Å². The maximum absolute atomic E-state index is 13.7. The van der Waals surface area contributed by atoms with Crippen LogP contribution < -0.4 is 5.32 Å². The Labute approximate surface area is 197 Å². The maximum atomic E-state index is 13.7. The summed E-state index contributed by atoms with van der Waals surface area (Å²) in [4.78, 5) is 22.7. The number of nitrogens with one attached hydrogen (secondary N) is 1. The summed E-state index contributed by atoms with van der Waals surface area (Å²) in [7, 11) is 0. The smallest absolute Gasteiger partial charge is 0.323 e. The molecular formula is C21H19Cl2FN4O3S. The number of carboxylic acid groups (broad SMARTS) is 1. The molecule has 2 aromatic rings. The van der Waals surface area contributed by atoms with E-state index in [1.165, 1.54) is 29.0 Å². The number of morpholine rings is 1. The highest BCUT2D eigenvalue weighted by molar-refractivity contribution is 7.11. The predicted molar refractivity (Wildman–Crippen MR) is 122 cm³/mol. The van der Waals surface area contributed by atoms with Gasteiger partial charge in [0, 0.05) is 46.5 Å². The molecule has 0 spiro atoms. The first-order valence-corrected chi connectivity index (χ1v) is 11.4. The number of rotatable bonds is 6. The molecule has 1 saturated heterocycles. The number of halogens is 3. The Bertz CT molecular complexity index is 1090. The van der Waals surface area contributed by atoms with Gasteiger partial charge in [0.1, 0.15) is 17.9 Å². The Morgan fingerprint density at radius 2 is 2.31 bits per heavy atom. The molecule has 168 valence electrons. The zero-order valence-corrected chi connectivity index (χ0v) is 19.0. The molecule has 11 heteroatoms. The van der Waals surface area contributed by atoms with Gasteiger partial charge in [-0.25, -0.2) is 9.37 Å². The molecule has 1 aromatic carbocycles. The fraction of sp³-hybridized carbons (Fsp3) is 0.286. The summed E-state index contributed by atoms with van der Waals surface area (Å²) in [6.07, 6.45) is 3.36. The van der Waals surface area contributed by atoms with Gasteiger partial charge in [-0.1, -0.05) is 29.3 Å². The van der Waals surface area contributed by atoms with Crippen molar-refractivity contribution in [3.8, 4) is 0 Å². The number of hydrogen-bond donors (Lipinski definition) is 2. The fourth-order valence-electron chi connectivity index (χ4n) is 3.67. The number of carboxylic acids is 1. The molecule has 1 fully saturated rings. The third-order valence-corrected chi connectivity index (χ3v) is 6.42. The topological polar surface area (TPSA) is 87.1 Å². The van der Waals surface area contributed by atoms with E-state index in [1.54, 1.807) is 18.3 Å². The number of amidine groups is 1. The number of ether oxygens (including phenoxy) is 1. The van der Waals surface area contributed by atoms with Crippen molar-refractivity contribution in [1.29, 1.82) is 0 Å². The third-order valence-electron chi connectivity index (χ3n) is 5.19. The van der Waals surface area contributed by atoms with Crippen LogP contribution in [0.1, 0.15) is 16.6 Å². The van der Waals surface area contributed by atoms with Crippen LogP contribution in [0.15, 0.2) is 57.6 Å². The molecule has 2 aliphatic rings. The molecule has 0 saturated carbocycles. The quantitative estimate of drug-likeness (QED) is 0.631. The largest absolute Gasteiger partial charge is 0.480 e. The van der Waals surface area contributed by atoms with E-state index in [4.69, 9.17) is 32.9 Å². The molecule has 2 atom stereocenters. The molecule has 1 aromatic heterocycles. The van der Waals surface area contributed by atoms with E-state index in [9.17, 15) is 14.3 Å². The molecule has 7 nitrogen and oxygen atoms in total. The molecule has 2 aliphatic heterocycles. The highest BCUT2D eigenvalue weighted by Crippen LogP contribution is 2.37. The van der Waals surface area contributed by atoms with E-state index in [2.05, 4.69) is 10.3 Å². The maximum Gasteiger partial charge on any atom is 0.323 e. The Kier molecular flexibility index (Phi) is 7.22. The van der Waals surface area contributed by atoms with E-state index >= 15 is 0 Å². The highest BCUT2D eigenvalue weighted by atomic mass is 35.5. The lowest BCUT2D eigenvalue weighted by Gasteiger charge is -2.35. The van der Waals surface area contributed by atoms with Gasteiger partial charge in [0.05, 0.1) is 13.2 Å². The summed E-state index contributed by atoms with van der Waals surface area (Å²) in [5, 5.41) is 15.7. The Hall–Kier alpha value is -2.30. The monoisotopic (exact) mass is 496 g/mol. The Morgan fingerprint density at radius 1 is 1.47 bits per heavy atom. The second-order valence-electron chi connectivity index (χ2n) is 7.13. The van der Waals surface area contributed by atoms with Crippen LogP contribution in [0.5, 0.6) is 0 Å². The summed E-state index contributed by atoms with van der Waals surface area (Å²) in [6, 6.07) is 2.78. The van der Waals surface area contributed by atoms with Crippen molar-refractivity contribution in [1.82, 2.24) is 15.2 Å². The number of hydrogen-bond acceptors (Lipinski definition) is 7. The Balaban J connectivity index is 1.79. The molecular weight excluding hydrogens is 478 g/mol. The number of aromatic nitrogens is 1. The first kappa shape index (κ1) is 22.9. The van der Waals surface area contributed by atoms with Crippen molar-refractivity contribution in [3.05, 3.63) is 74.1 Å². The number of aliphatic imine (C=N–C) groups is 1. The average molecular weight is 497 g/mol. The molecule has 32 heavy (non-hydrogen) atoms. The van der Waals surface area contributed by atoms with Crippen LogP contribution in [-0.4, -0.2) is 59.1 Å². The molecule has 1 unspecified atom stereocenters. The summed E-state index contributed by atoms with van der Waals surface area (Å²) < 4.78 is 19.1. The van der Waals surface area contributed by atoms with Gasteiger partial charge in [-0.2, -0.15) is 0 Å². The lowest BCUT2D eigenvalue weighted by molar-refractivity contribution is -0.149. The second-order valence-corrected chi connectivity index (χ2v) is 8.69. The van der Waals surface area contributed by atoms with Crippen molar-refractivity contribution in [2.75, 3.05) is 26.3 Å². The van der Waals surface area contributed by atoms with Gasteiger partial charge in [0.25, 0.3) is 0 Å². The Morgan fingerprint density at radius 3 is 3.00 bits per heavy atom. The third kappa shape index (κ3) is 4.87. The molecule has 0 radical (unpaired) electrons. The molecule has 0 bridgehead atoms. The van der Waals surface area contributed by atoms with Gasteiger partial charge >= 0.3 is 5.97 Å². The van der Waals surface area contributed by atoms with E-state index in [0.29, 0.717) is 40.8 Å². The SMILES string of the molecule is O=C(O)[C@@H]1COCCN1CC1=C(/C=C/Cl)C(c2ccc(F)cc2Cl)N=C(c2nccs2)N1. The number of benzene rings is 1. The first-order valence-electron chi connectivity index (χ1n) is 9.72. The molecule has 0 amide bonds. The zero-order valence-electron chi connectivity index (χ0n) is 16.7. The van der Waals surface area contributed by atoms with E-state index in [-0.39, 0.29) is 18.2 Å². The summed E-state index contributed by atoms with van der Waals surface area (Å²) in [5.74, 6) is -0.886. The summed E-state index contributed by atoms with van der Waals surface area (Å²) >= 11 is 13.7. The predicted octanol–water partition coefficient (Wildman–Crippen LogP) is 3.82. The minimum atomic E-state index is -0.956. The van der Waals surface area contributed by atoms with Crippen LogP contribution in [0, 0.1) is 5.82 Å². The van der Waals surface area contributed by atoms with Crippen LogP contribution >= 0.6 is 34.5 Å². The van der Waals surface area contributed by atoms with Crippen molar-refractivity contribution in [2.24, 2.45) is 4.99 Å². The molecule has 3 heterocycles. The van der Waals surface area contributed by atoms with Gasteiger partial charge < -0.3 is 15.2 Å². The van der Waals surface area contributed by atoms with Crippen molar-refractivity contribution in [2.45, 2.75) is 12.1 Å². The number of aliphatic carboxylic acids is 1. The van der Waals surface area contributed by atoms with E-state index in [0.717, 1.165) is 0 Å². The number of nitrogens with zero attached hydrogens (tertiary/aromatic N) is 3. The standard InChI is InChI=1S/C21H19Cl2FN4O3S/c22-4-3-14-16(10-28-6-7-31-11-17(28)21(29)30)26-19(20-25-5-8-32-20)27-18(14)13-2-1-12(24)9-15(13)23/h1-5,8-9,17-18H,6-7,10-11H2,(H,26,27)(H,29,30)/b4-3+/t17-,18?/m0/s1. The molecule has 0 aliphatic carbocycles.